The molecule has 0 aliphatic rings. The molecule has 2 N–H and O–H groups in total. The monoisotopic (exact) mass is 285 g/mol. The molecule has 1 unspecified atom stereocenters. The van der Waals surface area contributed by atoms with Crippen LogP contribution < -0.4 is 5.32 Å². The molecule has 0 saturated carbocycles. The number of carbonyl (C=O) groups excluding carboxylic acids is 1. The lowest BCUT2D eigenvalue weighted by molar-refractivity contribution is 0.0689. The lowest BCUT2D eigenvalue weighted by atomic mass is 10.0. The summed E-state index contributed by atoms with van der Waals surface area (Å²) in [6.45, 7) is 3.78. The van der Waals surface area contributed by atoms with E-state index in [-0.39, 0.29) is 11.6 Å². The summed E-state index contributed by atoms with van der Waals surface area (Å²) in [6, 6.07) is 0.960. The van der Waals surface area contributed by atoms with Crippen LogP contribution in [0.2, 0.25) is 0 Å². The maximum atomic E-state index is 13.2. The van der Waals surface area contributed by atoms with Gasteiger partial charge in [-0.15, -0.1) is 0 Å². The van der Waals surface area contributed by atoms with Gasteiger partial charge in [0.05, 0.1) is 11.1 Å². The molecule has 0 heterocycles. The Bertz CT molecular complexity index is 517. The average Bonchev–Trinajstić information content (AvgIpc) is 2.38. The number of hydrogen-bond donors (Lipinski definition) is 2. The van der Waals surface area contributed by atoms with E-state index in [1.807, 2.05) is 6.92 Å². The van der Waals surface area contributed by atoms with Crippen molar-refractivity contribution in [2.45, 2.75) is 39.2 Å². The van der Waals surface area contributed by atoms with E-state index < -0.39 is 29.1 Å². The Morgan fingerprint density at radius 2 is 1.80 bits per heavy atom. The second-order valence-corrected chi connectivity index (χ2v) is 4.63. The molecule has 110 valence electrons. The molecule has 6 heteroatoms. The molecular weight excluding hydrogens is 268 g/mol. The number of amides is 1. The maximum absolute atomic E-state index is 13.2. The van der Waals surface area contributed by atoms with Gasteiger partial charge in [-0.25, -0.2) is 13.6 Å². The summed E-state index contributed by atoms with van der Waals surface area (Å²) in [5, 5.41) is 11.5. The summed E-state index contributed by atoms with van der Waals surface area (Å²) in [5.74, 6) is -4.74. The van der Waals surface area contributed by atoms with E-state index in [1.54, 1.807) is 6.92 Å². The van der Waals surface area contributed by atoms with Gasteiger partial charge in [0.15, 0.2) is 11.6 Å². The van der Waals surface area contributed by atoms with E-state index in [1.165, 1.54) is 0 Å². The fraction of sp³-hybridized carbons (Fsp3) is 0.429. The van der Waals surface area contributed by atoms with Crippen LogP contribution in [0.15, 0.2) is 12.1 Å². The minimum absolute atomic E-state index is 0.169. The van der Waals surface area contributed by atoms with Crippen molar-refractivity contribution in [3.63, 3.8) is 0 Å². The first-order chi connectivity index (χ1) is 9.36. The van der Waals surface area contributed by atoms with Crippen molar-refractivity contribution in [3.05, 3.63) is 34.9 Å². The highest BCUT2D eigenvalue weighted by atomic mass is 19.2. The van der Waals surface area contributed by atoms with Crippen molar-refractivity contribution < 1.29 is 23.5 Å². The van der Waals surface area contributed by atoms with Crippen LogP contribution in [0, 0.1) is 11.6 Å². The van der Waals surface area contributed by atoms with Crippen LogP contribution in [0.4, 0.5) is 8.78 Å². The number of carbonyl (C=O) groups is 2. The maximum Gasteiger partial charge on any atom is 0.336 e. The third-order valence-corrected chi connectivity index (χ3v) is 2.90. The lowest BCUT2D eigenvalue weighted by Crippen LogP contribution is -2.33. The second-order valence-electron chi connectivity index (χ2n) is 4.63. The van der Waals surface area contributed by atoms with Gasteiger partial charge in [0.2, 0.25) is 0 Å². The highest BCUT2D eigenvalue weighted by Crippen LogP contribution is 2.16. The van der Waals surface area contributed by atoms with E-state index in [4.69, 9.17) is 5.11 Å². The molecule has 0 aromatic heterocycles. The Morgan fingerprint density at radius 3 is 2.30 bits per heavy atom. The predicted octanol–water partition coefficient (Wildman–Crippen LogP) is 2.97. The molecule has 4 nitrogen and oxygen atoms in total. The number of nitrogens with one attached hydrogen (secondary N) is 1. The third kappa shape index (κ3) is 4.01. The van der Waals surface area contributed by atoms with Gasteiger partial charge in [-0.05, 0) is 25.5 Å². The summed E-state index contributed by atoms with van der Waals surface area (Å²) >= 11 is 0. The van der Waals surface area contributed by atoms with E-state index in [0.29, 0.717) is 12.1 Å². The van der Waals surface area contributed by atoms with Crippen LogP contribution >= 0.6 is 0 Å². The molecule has 0 bridgehead atoms. The molecule has 1 amide bonds. The van der Waals surface area contributed by atoms with Crippen molar-refractivity contribution in [3.8, 4) is 0 Å². The Balaban J connectivity index is 2.97. The molecule has 0 radical (unpaired) electrons. The van der Waals surface area contributed by atoms with E-state index in [0.717, 1.165) is 19.3 Å². The number of rotatable bonds is 6. The summed E-state index contributed by atoms with van der Waals surface area (Å²) in [5.41, 5.74) is -0.927. The van der Waals surface area contributed by atoms with Crippen molar-refractivity contribution >= 4 is 11.9 Å². The first-order valence-corrected chi connectivity index (χ1v) is 6.40. The largest absolute Gasteiger partial charge is 0.478 e. The molecule has 1 aromatic rings. The van der Waals surface area contributed by atoms with Crippen LogP contribution in [0.25, 0.3) is 0 Å². The molecule has 0 aliphatic carbocycles. The Labute approximate surface area is 115 Å². The fourth-order valence-electron chi connectivity index (χ4n) is 1.80. The smallest absolute Gasteiger partial charge is 0.336 e. The van der Waals surface area contributed by atoms with Crippen LogP contribution in [-0.2, 0) is 0 Å². The first-order valence-electron chi connectivity index (χ1n) is 6.40. The normalized spacial score (nSPS) is 12.0. The summed E-state index contributed by atoms with van der Waals surface area (Å²) in [6.07, 6.45) is 2.60. The van der Waals surface area contributed by atoms with Crippen molar-refractivity contribution in [2.75, 3.05) is 0 Å². The zero-order valence-electron chi connectivity index (χ0n) is 11.4. The molecule has 0 fully saturated rings. The van der Waals surface area contributed by atoms with Crippen LogP contribution in [0.3, 0.4) is 0 Å². The van der Waals surface area contributed by atoms with Gasteiger partial charge >= 0.3 is 5.97 Å². The van der Waals surface area contributed by atoms with Gasteiger partial charge in [0.25, 0.3) is 5.91 Å². The molecule has 1 rings (SSSR count). The molecule has 1 atom stereocenters. The van der Waals surface area contributed by atoms with E-state index >= 15 is 0 Å². The van der Waals surface area contributed by atoms with Gasteiger partial charge < -0.3 is 10.4 Å². The number of carboxylic acid groups (broad SMARTS) is 1. The topological polar surface area (TPSA) is 66.4 Å². The quantitative estimate of drug-likeness (QED) is 0.844. The van der Waals surface area contributed by atoms with Gasteiger partial charge in [-0.1, -0.05) is 19.8 Å². The summed E-state index contributed by atoms with van der Waals surface area (Å²) in [7, 11) is 0. The van der Waals surface area contributed by atoms with Crippen LogP contribution in [0.1, 0.15) is 53.8 Å². The number of carboxylic acids is 1. The lowest BCUT2D eigenvalue weighted by Gasteiger charge is -2.14. The Morgan fingerprint density at radius 1 is 1.25 bits per heavy atom. The van der Waals surface area contributed by atoms with Crippen LogP contribution in [-0.4, -0.2) is 23.0 Å². The zero-order valence-corrected chi connectivity index (χ0v) is 11.4. The van der Waals surface area contributed by atoms with Crippen molar-refractivity contribution in [1.82, 2.24) is 5.32 Å². The van der Waals surface area contributed by atoms with Gasteiger partial charge in [0.1, 0.15) is 0 Å². The highest BCUT2D eigenvalue weighted by molar-refractivity contribution is 6.04. The van der Waals surface area contributed by atoms with Crippen molar-refractivity contribution in [1.29, 1.82) is 0 Å². The third-order valence-electron chi connectivity index (χ3n) is 2.90. The molecular formula is C14H17F2NO3. The molecule has 0 aliphatic heterocycles. The number of hydrogen-bond acceptors (Lipinski definition) is 2. The highest BCUT2D eigenvalue weighted by Gasteiger charge is 2.21. The number of aromatic carboxylic acids is 1. The molecule has 20 heavy (non-hydrogen) atoms. The summed E-state index contributed by atoms with van der Waals surface area (Å²) < 4.78 is 26.2. The van der Waals surface area contributed by atoms with E-state index in [2.05, 4.69) is 5.32 Å². The van der Waals surface area contributed by atoms with Crippen LogP contribution in [0.5, 0.6) is 0 Å². The number of unbranched alkanes of at least 4 members (excludes halogenated alkanes) is 1. The predicted molar refractivity (Wildman–Crippen MR) is 69.8 cm³/mol. The minimum Gasteiger partial charge on any atom is -0.478 e. The Hall–Kier alpha value is -1.98. The fourth-order valence-corrected chi connectivity index (χ4v) is 1.80. The minimum atomic E-state index is -1.48. The summed E-state index contributed by atoms with van der Waals surface area (Å²) in [4.78, 5) is 22.9. The number of halogens is 2. The standard InChI is InChI=1S/C14H17F2NO3/c1-3-4-5-8(2)17-13(18)9-6-11(15)12(16)7-10(9)14(19)20/h6-8H,3-5H2,1-2H3,(H,17,18)(H,19,20). The molecule has 0 spiro atoms. The van der Waals surface area contributed by atoms with Crippen molar-refractivity contribution in [2.24, 2.45) is 0 Å². The first kappa shape index (κ1) is 16.1. The van der Waals surface area contributed by atoms with Gasteiger partial charge in [0, 0.05) is 6.04 Å². The second kappa shape index (κ2) is 6.98. The SMILES string of the molecule is CCCCC(C)NC(=O)c1cc(F)c(F)cc1C(=O)O. The average molecular weight is 285 g/mol. The van der Waals surface area contributed by atoms with Gasteiger partial charge in [-0.3, -0.25) is 4.79 Å². The molecule has 0 saturated heterocycles. The molecule has 1 aromatic carbocycles. The Kier molecular flexibility index (Phi) is 5.61. The van der Waals surface area contributed by atoms with E-state index in [9.17, 15) is 18.4 Å². The number of benzene rings is 1. The van der Waals surface area contributed by atoms with Gasteiger partial charge in [-0.2, -0.15) is 0 Å². The zero-order chi connectivity index (χ0) is 15.3.